The molecule has 0 saturated heterocycles. The van der Waals surface area contributed by atoms with Gasteiger partial charge in [-0.1, -0.05) is 20.8 Å². The van der Waals surface area contributed by atoms with Gasteiger partial charge >= 0.3 is 0 Å². The summed E-state index contributed by atoms with van der Waals surface area (Å²) >= 11 is 0. The first kappa shape index (κ1) is 15.0. The summed E-state index contributed by atoms with van der Waals surface area (Å²) in [6.45, 7) is 7.22. The van der Waals surface area contributed by atoms with Crippen molar-refractivity contribution < 1.29 is 0 Å². The quantitative estimate of drug-likeness (QED) is 0.865. The van der Waals surface area contributed by atoms with Crippen LogP contribution in [0.3, 0.4) is 0 Å². The summed E-state index contributed by atoms with van der Waals surface area (Å²) in [6.07, 6.45) is 5.55. The minimum absolute atomic E-state index is 0.307. The van der Waals surface area contributed by atoms with Crippen LogP contribution < -0.4 is 5.32 Å². The molecule has 0 radical (unpaired) electrons. The van der Waals surface area contributed by atoms with E-state index in [9.17, 15) is 5.26 Å². The fourth-order valence-electron chi connectivity index (χ4n) is 2.98. The van der Waals surface area contributed by atoms with Crippen molar-refractivity contribution in [3.8, 4) is 6.07 Å². The molecule has 1 N–H and O–H groups in total. The van der Waals surface area contributed by atoms with Gasteiger partial charge < -0.3 is 0 Å². The van der Waals surface area contributed by atoms with Crippen molar-refractivity contribution in [2.75, 3.05) is 6.54 Å². The summed E-state index contributed by atoms with van der Waals surface area (Å²) < 4.78 is 2.07. The fourth-order valence-corrected chi connectivity index (χ4v) is 2.98. The van der Waals surface area contributed by atoms with Gasteiger partial charge in [0.25, 0.3) is 0 Å². The molecule has 0 bridgehead atoms. The molecule has 20 heavy (non-hydrogen) atoms. The molecule has 5 heteroatoms. The molecule has 1 aliphatic carbocycles. The van der Waals surface area contributed by atoms with E-state index in [1.165, 1.54) is 0 Å². The Bertz CT molecular complexity index is 487. The van der Waals surface area contributed by atoms with Gasteiger partial charge in [-0.05, 0) is 25.8 Å². The minimum Gasteiger partial charge on any atom is -0.299 e. The lowest BCUT2D eigenvalue weighted by atomic mass is 9.99. The van der Waals surface area contributed by atoms with Gasteiger partial charge in [-0.3, -0.25) is 5.32 Å². The predicted octanol–water partition coefficient (Wildman–Crippen LogP) is 2.39. The zero-order valence-corrected chi connectivity index (χ0v) is 12.8. The van der Waals surface area contributed by atoms with Crippen molar-refractivity contribution in [3.63, 3.8) is 0 Å². The number of aromatic nitrogens is 3. The Labute approximate surface area is 121 Å². The van der Waals surface area contributed by atoms with E-state index in [0.29, 0.717) is 6.04 Å². The molecule has 1 aromatic rings. The van der Waals surface area contributed by atoms with Crippen LogP contribution >= 0.6 is 0 Å². The summed E-state index contributed by atoms with van der Waals surface area (Å²) in [7, 11) is 0. The third-order valence-corrected chi connectivity index (χ3v) is 4.14. The first-order valence-electron chi connectivity index (χ1n) is 7.78. The molecule has 0 aliphatic heterocycles. The van der Waals surface area contributed by atoms with Crippen molar-refractivity contribution in [1.29, 1.82) is 5.26 Å². The summed E-state index contributed by atoms with van der Waals surface area (Å²) in [5, 5.41) is 17.6. The monoisotopic (exact) mass is 275 g/mol. The highest BCUT2D eigenvalue weighted by Crippen LogP contribution is 2.37. The maximum absolute atomic E-state index is 9.53. The highest BCUT2D eigenvalue weighted by Gasteiger charge is 2.40. The van der Waals surface area contributed by atoms with E-state index >= 15 is 0 Å². The normalized spacial score (nSPS) is 25.8. The van der Waals surface area contributed by atoms with Crippen molar-refractivity contribution in [2.24, 2.45) is 0 Å². The Morgan fingerprint density at radius 1 is 1.40 bits per heavy atom. The van der Waals surface area contributed by atoms with Crippen molar-refractivity contribution in [2.45, 2.75) is 70.9 Å². The average molecular weight is 275 g/mol. The molecular formula is C15H25N5. The van der Waals surface area contributed by atoms with Gasteiger partial charge in [-0.2, -0.15) is 10.4 Å². The molecule has 2 rings (SSSR count). The van der Waals surface area contributed by atoms with Gasteiger partial charge in [-0.25, -0.2) is 9.67 Å². The second kappa shape index (κ2) is 6.36. The molecule has 0 aromatic carbocycles. The van der Waals surface area contributed by atoms with Crippen LogP contribution in [0.2, 0.25) is 0 Å². The molecule has 2 atom stereocenters. The maximum Gasteiger partial charge on any atom is 0.150 e. The van der Waals surface area contributed by atoms with Gasteiger partial charge in [0.2, 0.25) is 0 Å². The molecule has 5 nitrogen and oxygen atoms in total. The lowest BCUT2D eigenvalue weighted by molar-refractivity contribution is 0.382. The zero-order chi connectivity index (χ0) is 14.6. The second-order valence-corrected chi connectivity index (χ2v) is 5.61. The lowest BCUT2D eigenvalue weighted by Crippen LogP contribution is -2.42. The number of hydrogen-bond donors (Lipinski definition) is 1. The Morgan fingerprint density at radius 2 is 2.20 bits per heavy atom. The van der Waals surface area contributed by atoms with Gasteiger partial charge in [0, 0.05) is 19.3 Å². The Kier molecular flexibility index (Phi) is 4.77. The summed E-state index contributed by atoms with van der Waals surface area (Å²) in [5.41, 5.74) is -0.371. The summed E-state index contributed by atoms with van der Waals surface area (Å²) in [6, 6.07) is 2.80. The van der Waals surface area contributed by atoms with Crippen LogP contribution in [0.4, 0.5) is 0 Å². The van der Waals surface area contributed by atoms with Crippen LogP contribution in [-0.2, 0) is 12.8 Å². The Hall–Kier alpha value is -1.41. The molecule has 0 spiro atoms. The van der Waals surface area contributed by atoms with E-state index in [-0.39, 0.29) is 5.54 Å². The van der Waals surface area contributed by atoms with Crippen molar-refractivity contribution >= 4 is 0 Å². The summed E-state index contributed by atoms with van der Waals surface area (Å²) in [4.78, 5) is 4.58. The molecule has 2 unspecified atom stereocenters. The van der Waals surface area contributed by atoms with Crippen molar-refractivity contribution in [3.05, 3.63) is 11.6 Å². The van der Waals surface area contributed by atoms with Gasteiger partial charge in [-0.15, -0.1) is 0 Å². The van der Waals surface area contributed by atoms with Crippen molar-refractivity contribution in [1.82, 2.24) is 20.1 Å². The summed E-state index contributed by atoms with van der Waals surface area (Å²) in [5.74, 6) is 1.97. The van der Waals surface area contributed by atoms with E-state index in [0.717, 1.165) is 56.7 Å². The van der Waals surface area contributed by atoms with E-state index in [1.54, 1.807) is 0 Å². The van der Waals surface area contributed by atoms with Gasteiger partial charge in [0.1, 0.15) is 11.4 Å². The Balaban J connectivity index is 2.16. The molecular weight excluding hydrogens is 250 g/mol. The molecule has 1 saturated carbocycles. The molecule has 1 fully saturated rings. The topological polar surface area (TPSA) is 66.5 Å². The second-order valence-electron chi connectivity index (χ2n) is 5.61. The minimum atomic E-state index is -0.371. The smallest absolute Gasteiger partial charge is 0.150 e. The first-order chi connectivity index (χ1) is 9.68. The van der Waals surface area contributed by atoms with Gasteiger partial charge in [0.05, 0.1) is 12.1 Å². The standard InChI is InChI=1S/C15H25N5/c1-4-9-17-15(11-16)8-7-12(10-15)20-14(6-3)18-13(5-2)19-20/h12,17H,4-10H2,1-3H3. The molecule has 1 aliphatic rings. The maximum atomic E-state index is 9.53. The fraction of sp³-hybridized carbons (Fsp3) is 0.800. The van der Waals surface area contributed by atoms with Crippen LogP contribution in [0.1, 0.15) is 64.1 Å². The number of rotatable bonds is 6. The van der Waals surface area contributed by atoms with Crippen LogP contribution in [0.25, 0.3) is 0 Å². The number of nitrogens with zero attached hydrogens (tertiary/aromatic N) is 4. The molecule has 1 heterocycles. The Morgan fingerprint density at radius 3 is 2.80 bits per heavy atom. The number of hydrogen-bond acceptors (Lipinski definition) is 4. The average Bonchev–Trinajstić information content (AvgIpc) is 3.09. The number of aryl methyl sites for hydroxylation is 2. The molecule has 110 valence electrons. The number of nitrogens with one attached hydrogen (secondary N) is 1. The highest BCUT2D eigenvalue weighted by atomic mass is 15.4. The van der Waals surface area contributed by atoms with Crippen LogP contribution in [0, 0.1) is 11.3 Å². The molecule has 1 aromatic heterocycles. The van der Waals surface area contributed by atoms with Gasteiger partial charge in [0.15, 0.2) is 5.82 Å². The third-order valence-electron chi connectivity index (χ3n) is 4.14. The number of nitriles is 1. The zero-order valence-electron chi connectivity index (χ0n) is 12.8. The van der Waals surface area contributed by atoms with E-state index in [1.807, 2.05) is 0 Å². The SMILES string of the molecule is CCCNC1(C#N)CCC(n2nc(CC)nc2CC)C1. The third kappa shape index (κ3) is 2.85. The van der Waals surface area contributed by atoms with E-state index < -0.39 is 0 Å². The lowest BCUT2D eigenvalue weighted by Gasteiger charge is -2.22. The largest absolute Gasteiger partial charge is 0.299 e. The first-order valence-corrected chi connectivity index (χ1v) is 7.78. The predicted molar refractivity (Wildman–Crippen MR) is 78.3 cm³/mol. The van der Waals surface area contributed by atoms with E-state index in [2.05, 4.69) is 46.9 Å². The van der Waals surface area contributed by atoms with Crippen LogP contribution in [-0.4, -0.2) is 26.8 Å². The van der Waals surface area contributed by atoms with Crippen LogP contribution in [0.5, 0.6) is 0 Å². The van der Waals surface area contributed by atoms with E-state index in [4.69, 9.17) is 0 Å². The highest BCUT2D eigenvalue weighted by molar-refractivity contribution is 5.13. The van der Waals surface area contributed by atoms with Crippen LogP contribution in [0.15, 0.2) is 0 Å². The molecule has 0 amide bonds.